The molecule has 132 valence electrons. The van der Waals surface area contributed by atoms with Crippen molar-refractivity contribution in [2.24, 2.45) is 0 Å². The molecule has 2 aromatic carbocycles. The Balaban J connectivity index is 1.86. The number of halogens is 1. The van der Waals surface area contributed by atoms with E-state index in [1.807, 2.05) is 18.2 Å². The van der Waals surface area contributed by atoms with Gasteiger partial charge in [0, 0.05) is 24.6 Å². The highest BCUT2D eigenvalue weighted by atomic mass is 19.1. The molecule has 1 aliphatic rings. The molecule has 0 spiro atoms. The zero-order valence-electron chi connectivity index (χ0n) is 14.0. The monoisotopic (exact) mass is 343 g/mol. The highest BCUT2D eigenvalue weighted by Gasteiger charge is 2.23. The van der Waals surface area contributed by atoms with Crippen LogP contribution in [0.4, 0.5) is 4.39 Å². The summed E-state index contributed by atoms with van der Waals surface area (Å²) in [5.74, 6) is -0.760. The molecule has 1 heterocycles. The summed E-state index contributed by atoms with van der Waals surface area (Å²) in [7, 11) is 0. The van der Waals surface area contributed by atoms with Gasteiger partial charge in [-0.05, 0) is 42.2 Å². The highest BCUT2D eigenvalue weighted by Crippen LogP contribution is 2.28. The van der Waals surface area contributed by atoms with Gasteiger partial charge in [-0.1, -0.05) is 30.3 Å². The molecule has 25 heavy (non-hydrogen) atoms. The Hall–Kier alpha value is -2.08. The molecule has 0 saturated carbocycles. The number of nitrogens with one attached hydrogen (secondary N) is 1. The maximum absolute atomic E-state index is 13.2. The van der Waals surface area contributed by atoms with E-state index in [1.165, 1.54) is 12.1 Å². The van der Waals surface area contributed by atoms with E-state index in [0.717, 1.165) is 17.7 Å². The molecule has 2 N–H and O–H groups in total. The minimum atomic E-state index is -0.402. The van der Waals surface area contributed by atoms with Gasteiger partial charge in [-0.15, -0.1) is 0 Å². The van der Waals surface area contributed by atoms with E-state index in [0.29, 0.717) is 25.0 Å². The smallest absolute Gasteiger partial charge is 0.170 e. The Kier molecular flexibility index (Phi) is 5.91. The second kappa shape index (κ2) is 8.34. The molecule has 1 aliphatic heterocycles. The molecule has 5 heteroatoms. The van der Waals surface area contributed by atoms with Gasteiger partial charge < -0.3 is 9.84 Å². The first-order valence-corrected chi connectivity index (χ1v) is 8.54. The van der Waals surface area contributed by atoms with E-state index in [4.69, 9.17) is 9.84 Å². The molecule has 1 fully saturated rings. The molecule has 3 rings (SSSR count). The van der Waals surface area contributed by atoms with Gasteiger partial charge in [-0.25, -0.2) is 4.39 Å². The average molecular weight is 343 g/mol. The molecule has 2 atom stereocenters. The summed E-state index contributed by atoms with van der Waals surface area (Å²) in [6, 6.07) is 13.4. The Morgan fingerprint density at radius 3 is 2.76 bits per heavy atom. The van der Waals surface area contributed by atoms with Crippen molar-refractivity contribution in [3.05, 3.63) is 71.0 Å². The van der Waals surface area contributed by atoms with Crippen LogP contribution in [0, 0.1) is 5.82 Å². The Morgan fingerprint density at radius 1 is 1.28 bits per heavy atom. The van der Waals surface area contributed by atoms with Gasteiger partial charge in [0.1, 0.15) is 12.0 Å². The molecule has 4 nitrogen and oxygen atoms in total. The predicted molar refractivity (Wildman–Crippen MR) is 92.9 cm³/mol. The largest absolute Gasteiger partial charge is 0.396 e. The van der Waals surface area contributed by atoms with E-state index in [1.54, 1.807) is 18.2 Å². The van der Waals surface area contributed by atoms with Crippen molar-refractivity contribution in [3.8, 4) is 0 Å². The number of carbonyl (C=O) groups excluding carboxylic acids is 1. The van der Waals surface area contributed by atoms with Crippen LogP contribution in [0.25, 0.3) is 0 Å². The van der Waals surface area contributed by atoms with Gasteiger partial charge in [0.2, 0.25) is 0 Å². The number of Topliss-reactive ketones (excluding diaryl/α,β-unsaturated/α-hetero) is 1. The van der Waals surface area contributed by atoms with Gasteiger partial charge in [-0.3, -0.25) is 10.1 Å². The lowest BCUT2D eigenvalue weighted by Crippen LogP contribution is -2.17. The van der Waals surface area contributed by atoms with Crippen molar-refractivity contribution in [1.82, 2.24) is 5.32 Å². The summed E-state index contributed by atoms with van der Waals surface area (Å²) in [6.07, 6.45) is 0.846. The number of rotatable bonds is 7. The third kappa shape index (κ3) is 4.31. The molecule has 0 aromatic heterocycles. The summed E-state index contributed by atoms with van der Waals surface area (Å²) in [5.41, 5.74) is 2.28. The van der Waals surface area contributed by atoms with Crippen LogP contribution in [0.1, 0.15) is 46.5 Å². The number of hydrogen-bond acceptors (Lipinski definition) is 4. The van der Waals surface area contributed by atoms with Crippen LogP contribution in [0.15, 0.2) is 48.5 Å². The lowest BCUT2D eigenvalue weighted by molar-refractivity contribution is 0.0947. The van der Waals surface area contributed by atoms with Gasteiger partial charge in [0.15, 0.2) is 5.78 Å². The Morgan fingerprint density at radius 2 is 2.08 bits per heavy atom. The molecule has 0 aliphatic carbocycles. The van der Waals surface area contributed by atoms with Crippen molar-refractivity contribution in [3.63, 3.8) is 0 Å². The molecular formula is C20H22FNO3. The van der Waals surface area contributed by atoms with E-state index in [2.05, 4.69) is 5.32 Å². The normalized spacial score (nSPS) is 18.2. The van der Waals surface area contributed by atoms with Crippen LogP contribution >= 0.6 is 0 Å². The van der Waals surface area contributed by atoms with Crippen molar-refractivity contribution >= 4 is 5.78 Å². The number of ketones is 1. The number of aliphatic hydroxyl groups excluding tert-OH is 1. The number of aliphatic hydroxyl groups is 1. The lowest BCUT2D eigenvalue weighted by atomic mass is 9.86. The van der Waals surface area contributed by atoms with Crippen LogP contribution < -0.4 is 5.32 Å². The Bertz CT molecular complexity index is 711. The highest BCUT2D eigenvalue weighted by molar-refractivity contribution is 6.01. The van der Waals surface area contributed by atoms with Crippen molar-refractivity contribution in [2.75, 3.05) is 19.8 Å². The molecule has 2 aromatic rings. The third-order valence-corrected chi connectivity index (χ3v) is 4.43. The van der Waals surface area contributed by atoms with E-state index >= 15 is 0 Å². The summed E-state index contributed by atoms with van der Waals surface area (Å²) in [4.78, 5) is 13.1. The third-order valence-electron chi connectivity index (χ3n) is 4.43. The topological polar surface area (TPSA) is 58.6 Å². The maximum Gasteiger partial charge on any atom is 0.170 e. The van der Waals surface area contributed by atoms with Crippen molar-refractivity contribution < 1.29 is 19.0 Å². The van der Waals surface area contributed by atoms with E-state index in [-0.39, 0.29) is 24.4 Å². The fraction of sp³-hybridized carbons (Fsp3) is 0.350. The molecule has 0 bridgehead atoms. The Labute approximate surface area is 146 Å². The van der Waals surface area contributed by atoms with Gasteiger partial charge >= 0.3 is 0 Å². The van der Waals surface area contributed by atoms with Crippen LogP contribution in [0.5, 0.6) is 0 Å². The molecular weight excluding hydrogens is 321 g/mol. The summed E-state index contributed by atoms with van der Waals surface area (Å²) >= 11 is 0. The predicted octanol–water partition coefficient (Wildman–Crippen LogP) is 3.18. The number of hydrogen-bond donors (Lipinski definition) is 2. The van der Waals surface area contributed by atoms with E-state index in [9.17, 15) is 9.18 Å². The molecule has 0 unspecified atom stereocenters. The minimum absolute atomic E-state index is 0.0187. The minimum Gasteiger partial charge on any atom is -0.396 e. The zero-order chi connectivity index (χ0) is 17.6. The summed E-state index contributed by atoms with van der Waals surface area (Å²) in [5, 5.41) is 12.4. The SMILES string of the molecule is O=C(c1cccc([C@H]2NCCO2)c1)[C@@H](CCCO)c1ccc(F)cc1. The second-order valence-electron chi connectivity index (χ2n) is 6.16. The first-order valence-electron chi connectivity index (χ1n) is 8.54. The quantitative estimate of drug-likeness (QED) is 0.758. The van der Waals surface area contributed by atoms with Crippen LogP contribution in [-0.2, 0) is 4.74 Å². The van der Waals surface area contributed by atoms with Gasteiger partial charge in [0.25, 0.3) is 0 Å². The first kappa shape index (κ1) is 17.7. The molecule has 1 saturated heterocycles. The van der Waals surface area contributed by atoms with E-state index < -0.39 is 5.92 Å². The first-order chi connectivity index (χ1) is 12.2. The van der Waals surface area contributed by atoms with Gasteiger partial charge in [0.05, 0.1) is 6.61 Å². The standard InChI is InChI=1S/C20H22FNO3/c21-17-8-6-14(7-9-17)18(5-2-11-23)19(24)15-3-1-4-16(13-15)20-22-10-12-25-20/h1,3-4,6-9,13,18,20,22-23H,2,5,10-12H2/t18-,20-/m0/s1. The fourth-order valence-corrected chi connectivity index (χ4v) is 3.14. The number of benzene rings is 2. The van der Waals surface area contributed by atoms with Crippen LogP contribution in [0.2, 0.25) is 0 Å². The summed E-state index contributed by atoms with van der Waals surface area (Å²) in [6.45, 7) is 1.46. The maximum atomic E-state index is 13.2. The van der Waals surface area contributed by atoms with Crippen LogP contribution in [-0.4, -0.2) is 30.6 Å². The average Bonchev–Trinajstić information content (AvgIpc) is 3.18. The molecule has 0 radical (unpaired) electrons. The fourth-order valence-electron chi connectivity index (χ4n) is 3.14. The molecule has 0 amide bonds. The lowest BCUT2D eigenvalue weighted by Gasteiger charge is -2.17. The number of carbonyl (C=O) groups is 1. The van der Waals surface area contributed by atoms with Gasteiger partial charge in [-0.2, -0.15) is 0 Å². The number of ether oxygens (including phenoxy) is 1. The second-order valence-corrected chi connectivity index (χ2v) is 6.16. The zero-order valence-corrected chi connectivity index (χ0v) is 14.0. The van der Waals surface area contributed by atoms with Crippen molar-refractivity contribution in [2.45, 2.75) is 25.0 Å². The van der Waals surface area contributed by atoms with Crippen molar-refractivity contribution in [1.29, 1.82) is 0 Å². The van der Waals surface area contributed by atoms with Crippen LogP contribution in [0.3, 0.4) is 0 Å². The summed E-state index contributed by atoms with van der Waals surface area (Å²) < 4.78 is 18.8.